The highest BCUT2D eigenvalue weighted by molar-refractivity contribution is 5.96. The zero-order chi connectivity index (χ0) is 31.1. The number of methoxy groups -OCH3 is 1. The fourth-order valence-corrected chi connectivity index (χ4v) is 5.91. The number of carbonyl (C=O) groups excluding carboxylic acids is 1. The first-order valence-corrected chi connectivity index (χ1v) is 14.5. The highest BCUT2D eigenvalue weighted by Gasteiger charge is 2.39. The summed E-state index contributed by atoms with van der Waals surface area (Å²) in [6.45, 7) is 9.33. The summed E-state index contributed by atoms with van der Waals surface area (Å²) in [5.74, 6) is 0.638. The van der Waals surface area contributed by atoms with Crippen LogP contribution < -0.4 is 25.6 Å². The van der Waals surface area contributed by atoms with Crippen molar-refractivity contribution in [2.75, 3.05) is 61.7 Å². The Hall–Kier alpha value is -4.19. The van der Waals surface area contributed by atoms with E-state index < -0.39 is 12.1 Å². The average Bonchev–Trinajstić information content (AvgIpc) is 3.43. The van der Waals surface area contributed by atoms with Crippen LogP contribution in [0.25, 0.3) is 0 Å². The van der Waals surface area contributed by atoms with Crippen molar-refractivity contribution in [3.8, 4) is 5.75 Å². The highest BCUT2D eigenvalue weighted by atomic mass is 19.1. The molecule has 3 N–H and O–H groups in total. The van der Waals surface area contributed by atoms with Gasteiger partial charge in [0.15, 0.2) is 5.82 Å². The van der Waals surface area contributed by atoms with Crippen LogP contribution in [0.2, 0.25) is 0 Å². The third-order valence-corrected chi connectivity index (χ3v) is 7.70. The maximum absolute atomic E-state index is 14.5. The van der Waals surface area contributed by atoms with Gasteiger partial charge in [-0.1, -0.05) is 13.8 Å². The van der Waals surface area contributed by atoms with Crippen molar-refractivity contribution in [1.82, 2.24) is 19.9 Å². The molecule has 0 spiro atoms. The lowest BCUT2D eigenvalue weighted by molar-refractivity contribution is 0.0378. The van der Waals surface area contributed by atoms with Gasteiger partial charge in [0, 0.05) is 56.0 Å². The SMILES string of the molecule is COc1cc(N2C[C@@H](F)C[C@@H]2CN(C)C)c(N)cc1Nc1ncc(C(=O)OC(C)C)c(N2CC(C)(C)c3ncccc32)n1. The van der Waals surface area contributed by atoms with Crippen molar-refractivity contribution >= 4 is 40.5 Å². The standard InChI is InChI=1S/C31H41FN8O3/c1-18(2)43-29(41)21-14-35-30(37-28(21)40-17-31(3,4)27-24(40)9-8-10-34-27)36-23-12-22(33)25(13-26(23)42-7)39-15-19(32)11-20(39)16-38(5)6/h8-10,12-14,18-20H,11,15-17,33H2,1-7H3,(H,35,36,37)/t19-,20+/m0/s1. The number of esters is 1. The zero-order valence-electron chi connectivity index (χ0n) is 25.9. The van der Waals surface area contributed by atoms with Gasteiger partial charge in [0.1, 0.15) is 17.5 Å². The van der Waals surface area contributed by atoms with Gasteiger partial charge in [-0.15, -0.1) is 0 Å². The normalized spacial score (nSPS) is 19.2. The fourth-order valence-electron chi connectivity index (χ4n) is 5.91. The monoisotopic (exact) mass is 592 g/mol. The fraction of sp³-hybridized carbons (Fsp3) is 0.484. The summed E-state index contributed by atoms with van der Waals surface area (Å²) in [6.07, 6.45) is 2.43. The summed E-state index contributed by atoms with van der Waals surface area (Å²) in [5.41, 5.74) is 10.0. The van der Waals surface area contributed by atoms with E-state index in [1.807, 2.05) is 47.0 Å². The van der Waals surface area contributed by atoms with E-state index in [2.05, 4.69) is 29.1 Å². The molecule has 1 saturated heterocycles. The largest absolute Gasteiger partial charge is 0.494 e. The summed E-state index contributed by atoms with van der Waals surface area (Å²) >= 11 is 0. The van der Waals surface area contributed by atoms with Crippen molar-refractivity contribution in [3.05, 3.63) is 47.9 Å². The highest BCUT2D eigenvalue weighted by Crippen LogP contribution is 2.44. The molecule has 4 heterocycles. The molecule has 1 aromatic carbocycles. The van der Waals surface area contributed by atoms with Crippen LogP contribution in [0.5, 0.6) is 5.75 Å². The zero-order valence-corrected chi connectivity index (χ0v) is 25.9. The Kier molecular flexibility index (Phi) is 8.33. The van der Waals surface area contributed by atoms with Crippen LogP contribution in [0.4, 0.5) is 38.9 Å². The van der Waals surface area contributed by atoms with Crippen LogP contribution in [-0.4, -0.2) is 85.0 Å². The molecule has 230 valence electrons. The number of nitrogens with two attached hydrogens (primary N) is 1. The van der Waals surface area contributed by atoms with Crippen LogP contribution in [-0.2, 0) is 10.2 Å². The Morgan fingerprint density at radius 2 is 2.02 bits per heavy atom. The minimum atomic E-state index is -0.934. The average molecular weight is 593 g/mol. The van der Waals surface area contributed by atoms with E-state index in [0.717, 1.165) is 11.4 Å². The van der Waals surface area contributed by atoms with Crippen LogP contribution in [0.15, 0.2) is 36.7 Å². The van der Waals surface area contributed by atoms with Gasteiger partial charge in [0.2, 0.25) is 5.95 Å². The number of hydrogen-bond acceptors (Lipinski definition) is 11. The topological polar surface area (TPSA) is 122 Å². The van der Waals surface area contributed by atoms with E-state index in [4.69, 9.17) is 20.2 Å². The van der Waals surface area contributed by atoms with Crippen LogP contribution in [0.1, 0.15) is 50.2 Å². The second-order valence-electron chi connectivity index (χ2n) is 12.4. The van der Waals surface area contributed by atoms with Gasteiger partial charge in [-0.05, 0) is 46.1 Å². The Bertz CT molecular complexity index is 1500. The van der Waals surface area contributed by atoms with E-state index in [-0.39, 0.29) is 35.6 Å². The second kappa shape index (κ2) is 11.8. The number of nitrogens with zero attached hydrogens (tertiary/aromatic N) is 6. The minimum absolute atomic E-state index is 0.0121. The summed E-state index contributed by atoms with van der Waals surface area (Å²) < 4.78 is 25.8. The first kappa shape index (κ1) is 30.3. The van der Waals surface area contributed by atoms with Gasteiger partial charge in [-0.25, -0.2) is 14.2 Å². The number of rotatable bonds is 9. The number of nitrogens with one attached hydrogen (secondary N) is 1. The Morgan fingerprint density at radius 3 is 2.72 bits per heavy atom. The van der Waals surface area contributed by atoms with Gasteiger partial charge in [-0.3, -0.25) is 4.98 Å². The molecular weight excluding hydrogens is 551 g/mol. The van der Waals surface area contributed by atoms with Crippen molar-refractivity contribution < 1.29 is 18.7 Å². The molecule has 0 bridgehead atoms. The number of anilines is 6. The predicted molar refractivity (Wildman–Crippen MR) is 167 cm³/mol. The molecule has 2 atom stereocenters. The van der Waals surface area contributed by atoms with E-state index in [1.54, 1.807) is 33.2 Å². The quantitative estimate of drug-likeness (QED) is 0.266. The molecule has 2 aliphatic rings. The molecule has 1 fully saturated rings. The summed E-state index contributed by atoms with van der Waals surface area (Å²) in [6, 6.07) is 7.38. The molecule has 5 rings (SSSR count). The third kappa shape index (κ3) is 6.15. The molecule has 0 radical (unpaired) electrons. The number of fused-ring (bicyclic) bond motifs is 1. The number of nitrogen functional groups attached to an aromatic ring is 1. The minimum Gasteiger partial charge on any atom is -0.494 e. The Balaban J connectivity index is 1.52. The molecule has 0 aliphatic carbocycles. The second-order valence-corrected chi connectivity index (χ2v) is 12.4. The molecular formula is C31H41FN8O3. The first-order valence-electron chi connectivity index (χ1n) is 14.5. The smallest absolute Gasteiger partial charge is 0.343 e. The predicted octanol–water partition coefficient (Wildman–Crippen LogP) is 4.68. The lowest BCUT2D eigenvalue weighted by atomic mass is 9.91. The van der Waals surface area contributed by atoms with E-state index in [1.165, 1.54) is 6.20 Å². The van der Waals surface area contributed by atoms with Gasteiger partial charge in [0.25, 0.3) is 0 Å². The molecule has 11 nitrogen and oxygen atoms in total. The van der Waals surface area contributed by atoms with Crippen molar-refractivity contribution in [1.29, 1.82) is 0 Å². The number of hydrogen-bond donors (Lipinski definition) is 2. The molecule has 0 amide bonds. The number of ether oxygens (including phenoxy) is 2. The number of carbonyl (C=O) groups is 1. The maximum Gasteiger partial charge on any atom is 0.343 e. The molecule has 0 saturated carbocycles. The van der Waals surface area contributed by atoms with E-state index in [0.29, 0.717) is 48.1 Å². The molecule has 43 heavy (non-hydrogen) atoms. The first-order chi connectivity index (χ1) is 20.4. The number of alkyl halides is 1. The number of likely N-dealkylation sites (N-methyl/N-ethyl adjacent to an activating group) is 1. The van der Waals surface area contributed by atoms with E-state index >= 15 is 0 Å². The summed E-state index contributed by atoms with van der Waals surface area (Å²) in [5, 5.41) is 3.23. The van der Waals surface area contributed by atoms with Gasteiger partial charge >= 0.3 is 5.97 Å². The third-order valence-electron chi connectivity index (χ3n) is 7.70. The van der Waals surface area contributed by atoms with Crippen molar-refractivity contribution in [2.45, 2.75) is 57.8 Å². The summed E-state index contributed by atoms with van der Waals surface area (Å²) in [4.78, 5) is 33.1. The van der Waals surface area contributed by atoms with E-state index in [9.17, 15) is 9.18 Å². The van der Waals surface area contributed by atoms with Crippen LogP contribution >= 0.6 is 0 Å². The van der Waals surface area contributed by atoms with Crippen molar-refractivity contribution in [3.63, 3.8) is 0 Å². The molecule has 2 aromatic heterocycles. The molecule has 0 unspecified atom stereocenters. The summed E-state index contributed by atoms with van der Waals surface area (Å²) in [7, 11) is 5.51. The van der Waals surface area contributed by atoms with Crippen LogP contribution in [0.3, 0.4) is 0 Å². The van der Waals surface area contributed by atoms with Gasteiger partial charge in [0.05, 0.1) is 41.7 Å². The van der Waals surface area contributed by atoms with Gasteiger partial charge < -0.3 is 35.2 Å². The number of aromatic nitrogens is 3. The number of halogens is 1. The number of pyridine rings is 1. The molecule has 12 heteroatoms. The van der Waals surface area contributed by atoms with Crippen LogP contribution in [0, 0.1) is 0 Å². The maximum atomic E-state index is 14.5. The van der Waals surface area contributed by atoms with Gasteiger partial charge in [-0.2, -0.15) is 4.98 Å². The molecule has 3 aromatic rings. The molecule has 2 aliphatic heterocycles. The Labute approximate surface area is 252 Å². The lowest BCUT2D eigenvalue weighted by Crippen LogP contribution is -2.38. The van der Waals surface area contributed by atoms with Crippen molar-refractivity contribution in [2.24, 2.45) is 0 Å². The number of benzene rings is 1. The lowest BCUT2D eigenvalue weighted by Gasteiger charge is -2.30. The Morgan fingerprint density at radius 1 is 1.26 bits per heavy atom.